The summed E-state index contributed by atoms with van der Waals surface area (Å²) in [6, 6.07) is 58.0. The van der Waals surface area contributed by atoms with Crippen molar-refractivity contribution in [1.82, 2.24) is 15.0 Å². The molecule has 0 aliphatic rings. The van der Waals surface area contributed by atoms with Gasteiger partial charge in [0.15, 0.2) is 17.5 Å². The minimum absolute atomic E-state index is 0.654. The summed E-state index contributed by atoms with van der Waals surface area (Å²) in [4.78, 5) is 15.5. The molecular weight excluding hydrogens is 615 g/mol. The van der Waals surface area contributed by atoms with Gasteiger partial charge in [-0.2, -0.15) is 0 Å². The highest BCUT2D eigenvalue weighted by Gasteiger charge is 2.18. The zero-order chi connectivity index (χ0) is 32.3. The number of aromatic nitrogens is 3. The van der Waals surface area contributed by atoms with E-state index in [1.54, 1.807) is 11.3 Å². The lowest BCUT2D eigenvalue weighted by molar-refractivity contribution is 1.08. The number of rotatable bonds is 4. The van der Waals surface area contributed by atoms with Crippen LogP contribution in [0.15, 0.2) is 164 Å². The summed E-state index contributed by atoms with van der Waals surface area (Å²) in [6.07, 6.45) is 0. The lowest BCUT2D eigenvalue weighted by Gasteiger charge is -2.13. The average Bonchev–Trinajstić information content (AvgIpc) is 3.57. The van der Waals surface area contributed by atoms with Crippen molar-refractivity contribution in [3.05, 3.63) is 164 Å². The third kappa shape index (κ3) is 4.61. The fourth-order valence-electron chi connectivity index (χ4n) is 7.17. The second kappa shape index (κ2) is 11.2. The van der Waals surface area contributed by atoms with E-state index in [-0.39, 0.29) is 0 Å². The van der Waals surface area contributed by atoms with Gasteiger partial charge in [0.25, 0.3) is 0 Å². The number of hydrogen-bond acceptors (Lipinski definition) is 4. The van der Waals surface area contributed by atoms with Gasteiger partial charge in [-0.05, 0) is 61.6 Å². The van der Waals surface area contributed by atoms with Gasteiger partial charge in [-0.25, -0.2) is 15.0 Å². The highest BCUT2D eigenvalue weighted by atomic mass is 32.1. The fraction of sp³-hybridized carbons (Fsp3) is 0. The zero-order valence-corrected chi connectivity index (χ0v) is 27.2. The first-order chi connectivity index (χ1) is 24.3. The molecule has 2 aromatic heterocycles. The van der Waals surface area contributed by atoms with Crippen LogP contribution in [0.4, 0.5) is 0 Å². The van der Waals surface area contributed by atoms with E-state index in [9.17, 15) is 0 Å². The molecule has 0 aliphatic heterocycles. The van der Waals surface area contributed by atoms with Gasteiger partial charge in [0.05, 0.1) is 0 Å². The molecule has 0 saturated carbocycles. The van der Waals surface area contributed by atoms with Gasteiger partial charge in [-0.15, -0.1) is 11.3 Å². The molecule has 0 N–H and O–H groups in total. The van der Waals surface area contributed by atoms with Crippen molar-refractivity contribution in [2.45, 2.75) is 0 Å². The van der Waals surface area contributed by atoms with Crippen molar-refractivity contribution in [2.24, 2.45) is 0 Å². The largest absolute Gasteiger partial charge is 0.208 e. The first-order valence-electron chi connectivity index (χ1n) is 16.4. The Morgan fingerprint density at radius 2 is 0.796 bits per heavy atom. The van der Waals surface area contributed by atoms with E-state index < -0.39 is 0 Å². The van der Waals surface area contributed by atoms with Gasteiger partial charge in [0, 0.05) is 36.9 Å². The van der Waals surface area contributed by atoms with Crippen LogP contribution < -0.4 is 0 Å². The van der Waals surface area contributed by atoms with Crippen molar-refractivity contribution < 1.29 is 0 Å². The molecule has 0 bridgehead atoms. The molecule has 0 saturated heterocycles. The monoisotopic (exact) mass is 641 g/mol. The smallest absolute Gasteiger partial charge is 0.165 e. The molecule has 4 heteroatoms. The number of benzene rings is 8. The summed E-state index contributed by atoms with van der Waals surface area (Å²) in [5, 5.41) is 9.86. The topological polar surface area (TPSA) is 38.7 Å². The number of hydrogen-bond donors (Lipinski definition) is 0. The SMILES string of the molecule is c1ccc(-c2ccc(-c3nc(-c4ccc5c6ccccc6c6ccccc6c5c4)nc(-c4cccc5c4sc4ccccc45)n3)cc2)cc1. The maximum absolute atomic E-state index is 5.22. The zero-order valence-electron chi connectivity index (χ0n) is 26.3. The number of fused-ring (bicyclic) bond motifs is 9. The maximum Gasteiger partial charge on any atom is 0.165 e. The molecule has 0 fully saturated rings. The van der Waals surface area contributed by atoms with Crippen LogP contribution in [-0.4, -0.2) is 15.0 Å². The van der Waals surface area contributed by atoms with E-state index in [2.05, 4.69) is 158 Å². The summed E-state index contributed by atoms with van der Waals surface area (Å²) < 4.78 is 2.44. The Bertz CT molecular complexity index is 2840. The van der Waals surface area contributed by atoms with Gasteiger partial charge >= 0.3 is 0 Å². The molecule has 0 aliphatic carbocycles. The number of thiophene rings is 1. The molecule has 2 heterocycles. The molecule has 0 radical (unpaired) electrons. The van der Waals surface area contributed by atoms with Gasteiger partial charge in [0.2, 0.25) is 0 Å². The first-order valence-corrected chi connectivity index (χ1v) is 17.3. The quantitative estimate of drug-likeness (QED) is 0.180. The predicted octanol–water partition coefficient (Wildman–Crippen LogP) is 12.4. The molecule has 10 rings (SSSR count). The second-order valence-corrected chi connectivity index (χ2v) is 13.4. The van der Waals surface area contributed by atoms with Crippen LogP contribution in [0.3, 0.4) is 0 Å². The van der Waals surface area contributed by atoms with Crippen molar-refractivity contribution in [3.8, 4) is 45.3 Å². The van der Waals surface area contributed by atoms with Crippen LogP contribution >= 0.6 is 11.3 Å². The third-order valence-corrected chi connectivity index (χ3v) is 10.8. The summed E-state index contributed by atoms with van der Waals surface area (Å²) in [5.41, 5.74) is 5.26. The van der Waals surface area contributed by atoms with E-state index in [1.165, 1.54) is 58.1 Å². The summed E-state index contributed by atoms with van der Waals surface area (Å²) in [6.45, 7) is 0. The van der Waals surface area contributed by atoms with Gasteiger partial charge in [-0.1, -0.05) is 146 Å². The van der Waals surface area contributed by atoms with Crippen molar-refractivity contribution in [3.63, 3.8) is 0 Å². The van der Waals surface area contributed by atoms with E-state index in [1.807, 2.05) is 6.07 Å². The van der Waals surface area contributed by atoms with Gasteiger partial charge in [-0.3, -0.25) is 0 Å². The van der Waals surface area contributed by atoms with Crippen LogP contribution in [0.1, 0.15) is 0 Å². The fourth-order valence-corrected chi connectivity index (χ4v) is 8.38. The number of nitrogens with zero attached hydrogens (tertiary/aromatic N) is 3. The summed E-state index contributed by atoms with van der Waals surface area (Å²) in [5.74, 6) is 1.98. The van der Waals surface area contributed by atoms with Crippen molar-refractivity contribution >= 4 is 63.8 Å². The Labute approximate surface area is 286 Å². The Morgan fingerprint density at radius 1 is 0.306 bits per heavy atom. The minimum Gasteiger partial charge on any atom is -0.208 e. The van der Waals surface area contributed by atoms with Crippen LogP contribution in [-0.2, 0) is 0 Å². The lowest BCUT2D eigenvalue weighted by Crippen LogP contribution is -2.00. The van der Waals surface area contributed by atoms with E-state index in [0.717, 1.165) is 22.3 Å². The van der Waals surface area contributed by atoms with Crippen LogP contribution in [0.25, 0.3) is 97.8 Å². The summed E-state index contributed by atoms with van der Waals surface area (Å²) in [7, 11) is 0. The molecule has 0 spiro atoms. The Morgan fingerprint density at radius 3 is 1.51 bits per heavy atom. The van der Waals surface area contributed by atoms with E-state index in [4.69, 9.17) is 15.0 Å². The normalized spacial score (nSPS) is 11.7. The minimum atomic E-state index is 0.654. The standard InChI is InChI=1S/C45H27N3S/c1-2-11-28(12-3-1)29-21-23-30(24-22-29)43-46-44(48-45(47-43)39-19-10-18-38-37-17-8-9-20-41(37)49-42(38)39)31-25-26-36-34-15-5-4-13-32(34)33-14-6-7-16-35(33)40(36)27-31/h1-27H. The Balaban J connectivity index is 1.21. The highest BCUT2D eigenvalue weighted by molar-refractivity contribution is 7.26. The molecule has 0 amide bonds. The average molecular weight is 642 g/mol. The maximum atomic E-state index is 5.22. The third-order valence-electron chi connectivity index (χ3n) is 9.53. The first kappa shape index (κ1) is 27.8. The van der Waals surface area contributed by atoms with E-state index in [0.29, 0.717) is 17.5 Å². The van der Waals surface area contributed by atoms with Crippen molar-refractivity contribution in [1.29, 1.82) is 0 Å². The van der Waals surface area contributed by atoms with Gasteiger partial charge in [0.1, 0.15) is 0 Å². The van der Waals surface area contributed by atoms with Crippen LogP contribution in [0, 0.1) is 0 Å². The lowest BCUT2D eigenvalue weighted by atomic mass is 9.93. The van der Waals surface area contributed by atoms with Crippen molar-refractivity contribution in [2.75, 3.05) is 0 Å². The molecule has 3 nitrogen and oxygen atoms in total. The Hall–Kier alpha value is -6.23. The van der Waals surface area contributed by atoms with Gasteiger partial charge < -0.3 is 0 Å². The Kier molecular flexibility index (Phi) is 6.36. The van der Waals surface area contributed by atoms with E-state index >= 15 is 0 Å². The molecule has 0 unspecified atom stereocenters. The molecule has 10 aromatic rings. The molecule has 228 valence electrons. The molecule has 8 aromatic carbocycles. The highest BCUT2D eigenvalue weighted by Crippen LogP contribution is 2.41. The molecule has 49 heavy (non-hydrogen) atoms. The summed E-state index contributed by atoms with van der Waals surface area (Å²) >= 11 is 1.79. The second-order valence-electron chi connectivity index (χ2n) is 12.4. The molecular formula is C45H27N3S. The van der Waals surface area contributed by atoms with Crippen LogP contribution in [0.2, 0.25) is 0 Å². The predicted molar refractivity (Wildman–Crippen MR) is 207 cm³/mol. The molecule has 0 atom stereocenters. The van der Waals surface area contributed by atoms with Crippen LogP contribution in [0.5, 0.6) is 0 Å².